The molecule has 0 spiro atoms. The number of para-hydroxylation sites is 2. The first kappa shape index (κ1) is 13.5. The van der Waals surface area contributed by atoms with Crippen LogP contribution in [0.1, 0.15) is 5.69 Å². The zero-order valence-electron chi connectivity index (χ0n) is 11.5. The molecule has 0 unspecified atom stereocenters. The van der Waals surface area contributed by atoms with Gasteiger partial charge in [-0.05, 0) is 43.4 Å². The van der Waals surface area contributed by atoms with Gasteiger partial charge in [-0.15, -0.1) is 0 Å². The summed E-state index contributed by atoms with van der Waals surface area (Å²) in [5, 5.41) is 4.47. The molecule has 3 aromatic rings. The second kappa shape index (κ2) is 5.89. The van der Waals surface area contributed by atoms with Gasteiger partial charge < -0.3 is 10.1 Å². The Labute approximate surface area is 128 Å². The molecule has 3 nitrogen and oxygen atoms in total. The van der Waals surface area contributed by atoms with Crippen LogP contribution in [0.5, 0.6) is 5.75 Å². The third kappa shape index (κ3) is 3.17. The number of nitrogens with one attached hydrogen (secondary N) is 1. The van der Waals surface area contributed by atoms with Gasteiger partial charge in [0.05, 0.1) is 16.9 Å². The lowest BCUT2D eigenvalue weighted by Crippen LogP contribution is -2.17. The summed E-state index contributed by atoms with van der Waals surface area (Å²) >= 11 is 5.24. The summed E-state index contributed by atoms with van der Waals surface area (Å²) in [6, 6.07) is 19.5. The fraction of sp³-hybridized carbons (Fsp3) is 0.0588. The van der Waals surface area contributed by atoms with Crippen molar-refractivity contribution in [3.8, 4) is 5.75 Å². The van der Waals surface area contributed by atoms with E-state index in [4.69, 9.17) is 17.0 Å². The van der Waals surface area contributed by atoms with Crippen molar-refractivity contribution < 1.29 is 4.74 Å². The molecule has 1 heterocycles. The molecule has 0 atom stereocenters. The van der Waals surface area contributed by atoms with E-state index < -0.39 is 0 Å². The summed E-state index contributed by atoms with van der Waals surface area (Å²) in [5.41, 5.74) is 2.71. The molecule has 104 valence electrons. The first-order valence-electron chi connectivity index (χ1n) is 6.62. The van der Waals surface area contributed by atoms with E-state index >= 15 is 0 Å². The van der Waals surface area contributed by atoms with Crippen LogP contribution in [-0.4, -0.2) is 10.2 Å². The Hall–Kier alpha value is -2.46. The van der Waals surface area contributed by atoms with Gasteiger partial charge in [0.1, 0.15) is 5.75 Å². The molecule has 2 aromatic carbocycles. The van der Waals surface area contributed by atoms with Crippen molar-refractivity contribution in [3.63, 3.8) is 0 Å². The number of ether oxygens (including phenoxy) is 1. The highest BCUT2D eigenvalue weighted by Crippen LogP contribution is 2.20. The molecular formula is C17H14N2OS. The number of pyridine rings is 1. The zero-order chi connectivity index (χ0) is 14.7. The maximum absolute atomic E-state index is 5.58. The van der Waals surface area contributed by atoms with Crippen LogP contribution in [-0.2, 0) is 0 Å². The van der Waals surface area contributed by atoms with E-state index in [2.05, 4.69) is 10.3 Å². The molecule has 0 fully saturated rings. The second-order valence-corrected chi connectivity index (χ2v) is 5.01. The van der Waals surface area contributed by atoms with Crippen molar-refractivity contribution in [1.82, 2.24) is 4.98 Å². The number of aryl methyl sites for hydroxylation is 1. The van der Waals surface area contributed by atoms with E-state index in [1.54, 1.807) is 0 Å². The first-order chi connectivity index (χ1) is 10.2. The quantitative estimate of drug-likeness (QED) is 0.714. The molecule has 0 saturated carbocycles. The smallest absolute Gasteiger partial charge is 0.266 e. The Bertz CT molecular complexity index is 787. The van der Waals surface area contributed by atoms with Gasteiger partial charge >= 0.3 is 0 Å². The number of hydrogen-bond acceptors (Lipinski definition) is 3. The molecular weight excluding hydrogens is 280 g/mol. The fourth-order valence-corrected chi connectivity index (χ4v) is 2.28. The summed E-state index contributed by atoms with van der Waals surface area (Å²) in [6.45, 7) is 1.94. The van der Waals surface area contributed by atoms with E-state index in [0.29, 0.717) is 10.9 Å². The van der Waals surface area contributed by atoms with Crippen molar-refractivity contribution in [2.75, 3.05) is 5.32 Å². The predicted molar refractivity (Wildman–Crippen MR) is 89.8 cm³/mol. The van der Waals surface area contributed by atoms with Crippen LogP contribution in [0.3, 0.4) is 0 Å². The van der Waals surface area contributed by atoms with Gasteiger partial charge in [-0.1, -0.05) is 36.4 Å². The lowest BCUT2D eigenvalue weighted by Gasteiger charge is -2.12. The van der Waals surface area contributed by atoms with Crippen LogP contribution in [0.15, 0.2) is 60.7 Å². The molecule has 0 aliphatic heterocycles. The molecule has 3 rings (SSSR count). The number of nitrogens with zero attached hydrogens (tertiary/aromatic N) is 1. The number of aromatic nitrogens is 1. The number of rotatable bonds is 2. The molecule has 1 aromatic heterocycles. The average molecular weight is 294 g/mol. The standard InChI is InChI=1S/C17H14N2OS/c1-12-16(11-13-7-5-6-10-15(13)18-12)19-17(21)20-14-8-3-2-4-9-14/h2-11H,1H3,(H,19,21). The van der Waals surface area contributed by atoms with Crippen molar-refractivity contribution >= 4 is 34.0 Å². The van der Waals surface area contributed by atoms with Crippen LogP contribution in [0.2, 0.25) is 0 Å². The minimum Gasteiger partial charge on any atom is -0.432 e. The number of benzene rings is 2. The largest absolute Gasteiger partial charge is 0.432 e. The summed E-state index contributed by atoms with van der Waals surface area (Å²) < 4.78 is 5.58. The molecule has 0 aliphatic rings. The third-order valence-electron chi connectivity index (χ3n) is 3.11. The molecule has 0 bridgehead atoms. The lowest BCUT2D eigenvalue weighted by molar-refractivity contribution is 0.563. The van der Waals surface area contributed by atoms with Crippen molar-refractivity contribution in [1.29, 1.82) is 0 Å². The average Bonchev–Trinajstić information content (AvgIpc) is 2.49. The van der Waals surface area contributed by atoms with Gasteiger partial charge in [-0.25, -0.2) is 0 Å². The Morgan fingerprint density at radius 2 is 1.76 bits per heavy atom. The number of anilines is 1. The highest BCUT2D eigenvalue weighted by Gasteiger charge is 2.06. The van der Waals surface area contributed by atoms with Crippen LogP contribution in [0.4, 0.5) is 5.69 Å². The summed E-state index contributed by atoms with van der Waals surface area (Å²) in [7, 11) is 0. The summed E-state index contributed by atoms with van der Waals surface area (Å²) in [6.07, 6.45) is 0. The van der Waals surface area contributed by atoms with Crippen molar-refractivity contribution in [3.05, 3.63) is 66.4 Å². The molecule has 0 amide bonds. The van der Waals surface area contributed by atoms with Crippen LogP contribution < -0.4 is 10.1 Å². The fourth-order valence-electron chi connectivity index (χ4n) is 2.07. The lowest BCUT2D eigenvalue weighted by atomic mass is 10.2. The molecule has 0 aliphatic carbocycles. The third-order valence-corrected chi connectivity index (χ3v) is 3.29. The molecule has 0 radical (unpaired) electrons. The maximum Gasteiger partial charge on any atom is 0.266 e. The van der Waals surface area contributed by atoms with Crippen molar-refractivity contribution in [2.45, 2.75) is 6.92 Å². The molecule has 1 N–H and O–H groups in total. The van der Waals surface area contributed by atoms with Gasteiger partial charge in [0.15, 0.2) is 0 Å². The number of fused-ring (bicyclic) bond motifs is 1. The highest BCUT2D eigenvalue weighted by atomic mass is 32.1. The maximum atomic E-state index is 5.58. The zero-order valence-corrected chi connectivity index (χ0v) is 12.4. The van der Waals surface area contributed by atoms with Gasteiger partial charge in [0, 0.05) is 5.39 Å². The minimum absolute atomic E-state index is 0.307. The van der Waals surface area contributed by atoms with Crippen LogP contribution in [0, 0.1) is 6.92 Å². The van der Waals surface area contributed by atoms with Gasteiger partial charge in [-0.2, -0.15) is 0 Å². The van der Waals surface area contributed by atoms with Gasteiger partial charge in [0.2, 0.25) is 0 Å². The first-order valence-corrected chi connectivity index (χ1v) is 7.03. The monoisotopic (exact) mass is 294 g/mol. The summed E-state index contributed by atoms with van der Waals surface area (Å²) in [5.74, 6) is 0.710. The van der Waals surface area contributed by atoms with E-state index in [1.165, 1.54) is 0 Å². The van der Waals surface area contributed by atoms with Crippen molar-refractivity contribution in [2.24, 2.45) is 0 Å². The van der Waals surface area contributed by atoms with E-state index in [1.807, 2.05) is 67.6 Å². The predicted octanol–water partition coefficient (Wildman–Crippen LogP) is 4.32. The number of hydrogen-bond donors (Lipinski definition) is 1. The highest BCUT2D eigenvalue weighted by molar-refractivity contribution is 7.80. The Kier molecular flexibility index (Phi) is 3.79. The van der Waals surface area contributed by atoms with E-state index in [-0.39, 0.29) is 0 Å². The molecule has 0 saturated heterocycles. The van der Waals surface area contributed by atoms with Gasteiger partial charge in [0.25, 0.3) is 5.17 Å². The molecule has 21 heavy (non-hydrogen) atoms. The SMILES string of the molecule is Cc1nc2ccccc2cc1NC(=S)Oc1ccccc1. The normalized spacial score (nSPS) is 10.3. The van der Waals surface area contributed by atoms with E-state index in [0.717, 1.165) is 22.3 Å². The van der Waals surface area contributed by atoms with E-state index in [9.17, 15) is 0 Å². The van der Waals surface area contributed by atoms with Gasteiger partial charge in [-0.3, -0.25) is 4.98 Å². The Morgan fingerprint density at radius 1 is 1.05 bits per heavy atom. The second-order valence-electron chi connectivity index (χ2n) is 4.64. The number of thiocarbonyl (C=S) groups is 1. The Balaban J connectivity index is 1.81. The van der Waals surface area contributed by atoms with Crippen LogP contribution in [0.25, 0.3) is 10.9 Å². The topological polar surface area (TPSA) is 34.2 Å². The van der Waals surface area contributed by atoms with Crippen LogP contribution >= 0.6 is 12.2 Å². The summed E-state index contributed by atoms with van der Waals surface area (Å²) in [4.78, 5) is 4.56. The Morgan fingerprint density at radius 3 is 2.57 bits per heavy atom. The minimum atomic E-state index is 0.307. The molecule has 4 heteroatoms.